The molecule has 1 rings (SSSR count). The van der Waals surface area contributed by atoms with Crippen LogP contribution in [0.2, 0.25) is 0 Å². The lowest BCUT2D eigenvalue weighted by Gasteiger charge is -2.18. The van der Waals surface area contributed by atoms with Crippen molar-refractivity contribution in [1.82, 2.24) is 0 Å². The van der Waals surface area contributed by atoms with E-state index in [4.69, 9.17) is 4.74 Å². The molecule has 3 heteroatoms. The Hall–Kier alpha value is -0.570. The first-order valence-corrected chi connectivity index (χ1v) is 4.40. The van der Waals surface area contributed by atoms with Crippen molar-refractivity contribution >= 4 is 5.97 Å². The van der Waals surface area contributed by atoms with Crippen LogP contribution in [0.4, 0.5) is 0 Å². The van der Waals surface area contributed by atoms with Gasteiger partial charge in [-0.25, -0.2) is 4.79 Å². The molecule has 1 unspecified atom stereocenters. The lowest BCUT2D eigenvalue weighted by Crippen LogP contribution is -2.31. The first kappa shape index (κ1) is 9.52. The van der Waals surface area contributed by atoms with Gasteiger partial charge in [0.15, 0.2) is 6.10 Å². The fourth-order valence-electron chi connectivity index (χ4n) is 1.86. The average Bonchev–Trinajstić information content (AvgIpc) is 2.58. The predicted molar refractivity (Wildman–Crippen MR) is 44.8 cm³/mol. The maximum absolute atomic E-state index is 11.2. The summed E-state index contributed by atoms with van der Waals surface area (Å²) in [5.74, 6) is 0.145. The molecule has 0 saturated heterocycles. The number of methoxy groups -OCH3 is 2. The standard InChI is InChI=1S/C9H16O3/c1-11-8(9(10)12-2)7-5-3-4-6-7/h7-8H,3-6H2,1-2H3. The Labute approximate surface area is 73.0 Å². The highest BCUT2D eigenvalue weighted by atomic mass is 16.6. The van der Waals surface area contributed by atoms with Crippen molar-refractivity contribution in [3.05, 3.63) is 0 Å². The largest absolute Gasteiger partial charge is 0.467 e. The van der Waals surface area contributed by atoms with E-state index < -0.39 is 0 Å². The summed E-state index contributed by atoms with van der Waals surface area (Å²) < 4.78 is 9.76. The first-order valence-electron chi connectivity index (χ1n) is 4.40. The van der Waals surface area contributed by atoms with Gasteiger partial charge in [-0.3, -0.25) is 0 Å². The van der Waals surface area contributed by atoms with Gasteiger partial charge in [0, 0.05) is 7.11 Å². The SMILES string of the molecule is COC(=O)C(OC)C1CCCC1. The third-order valence-corrected chi connectivity index (χ3v) is 2.52. The zero-order valence-corrected chi connectivity index (χ0v) is 7.71. The molecule has 0 aromatic rings. The molecule has 0 N–H and O–H groups in total. The van der Waals surface area contributed by atoms with Crippen molar-refractivity contribution in [1.29, 1.82) is 0 Å². The van der Waals surface area contributed by atoms with Gasteiger partial charge in [0.25, 0.3) is 0 Å². The fourth-order valence-corrected chi connectivity index (χ4v) is 1.86. The maximum Gasteiger partial charge on any atom is 0.335 e. The van der Waals surface area contributed by atoms with E-state index >= 15 is 0 Å². The third kappa shape index (κ3) is 1.97. The number of hydrogen-bond acceptors (Lipinski definition) is 3. The Morgan fingerprint density at radius 3 is 2.33 bits per heavy atom. The smallest absolute Gasteiger partial charge is 0.335 e. The van der Waals surface area contributed by atoms with Crippen LogP contribution in [-0.4, -0.2) is 26.3 Å². The molecule has 0 aromatic carbocycles. The van der Waals surface area contributed by atoms with Crippen LogP contribution in [-0.2, 0) is 14.3 Å². The molecule has 3 nitrogen and oxygen atoms in total. The van der Waals surface area contributed by atoms with Gasteiger partial charge in [-0.1, -0.05) is 12.8 Å². The molecule has 0 spiro atoms. The molecule has 1 aliphatic carbocycles. The number of carbonyl (C=O) groups is 1. The lowest BCUT2D eigenvalue weighted by molar-refractivity contribution is -0.155. The second-order valence-electron chi connectivity index (χ2n) is 3.22. The van der Waals surface area contributed by atoms with Gasteiger partial charge < -0.3 is 9.47 Å². The van der Waals surface area contributed by atoms with Crippen LogP contribution < -0.4 is 0 Å². The van der Waals surface area contributed by atoms with Crippen LogP contribution in [0.5, 0.6) is 0 Å². The Bertz CT molecular complexity index is 150. The van der Waals surface area contributed by atoms with Crippen LogP contribution in [0.15, 0.2) is 0 Å². The lowest BCUT2D eigenvalue weighted by atomic mass is 10.0. The molecular formula is C9H16O3. The van der Waals surface area contributed by atoms with Gasteiger partial charge in [-0.05, 0) is 18.8 Å². The number of carbonyl (C=O) groups excluding carboxylic acids is 1. The van der Waals surface area contributed by atoms with E-state index in [1.165, 1.54) is 20.0 Å². The quantitative estimate of drug-likeness (QED) is 0.603. The van der Waals surface area contributed by atoms with Crippen molar-refractivity contribution in [3.63, 3.8) is 0 Å². The molecule has 0 heterocycles. The highest BCUT2D eigenvalue weighted by Gasteiger charge is 2.31. The molecule has 0 radical (unpaired) electrons. The summed E-state index contributed by atoms with van der Waals surface area (Å²) in [5.41, 5.74) is 0. The van der Waals surface area contributed by atoms with E-state index in [-0.39, 0.29) is 12.1 Å². The predicted octanol–water partition coefficient (Wildman–Crippen LogP) is 1.36. The third-order valence-electron chi connectivity index (χ3n) is 2.52. The highest BCUT2D eigenvalue weighted by molar-refractivity contribution is 5.74. The summed E-state index contributed by atoms with van der Waals surface area (Å²) in [6, 6.07) is 0. The van der Waals surface area contributed by atoms with Crippen LogP contribution in [0.25, 0.3) is 0 Å². The molecule has 70 valence electrons. The second kappa shape index (κ2) is 4.45. The van der Waals surface area contributed by atoms with Gasteiger partial charge in [0.1, 0.15) is 0 Å². The number of rotatable bonds is 3. The fraction of sp³-hybridized carbons (Fsp3) is 0.889. The van der Waals surface area contributed by atoms with Crippen LogP contribution in [0, 0.1) is 5.92 Å². The number of ether oxygens (including phenoxy) is 2. The molecule has 1 saturated carbocycles. The average molecular weight is 172 g/mol. The molecule has 0 aromatic heterocycles. The van der Waals surface area contributed by atoms with Gasteiger partial charge in [0.2, 0.25) is 0 Å². The first-order chi connectivity index (χ1) is 5.79. The van der Waals surface area contributed by atoms with Gasteiger partial charge in [-0.2, -0.15) is 0 Å². The van der Waals surface area contributed by atoms with E-state index in [0.29, 0.717) is 5.92 Å². The van der Waals surface area contributed by atoms with Gasteiger partial charge >= 0.3 is 5.97 Å². The molecular weight excluding hydrogens is 156 g/mol. The van der Waals surface area contributed by atoms with E-state index in [2.05, 4.69) is 4.74 Å². The van der Waals surface area contributed by atoms with Crippen molar-refractivity contribution in [2.45, 2.75) is 31.8 Å². The summed E-state index contributed by atoms with van der Waals surface area (Å²) in [6.07, 6.45) is 4.27. The Morgan fingerprint density at radius 1 is 1.33 bits per heavy atom. The zero-order chi connectivity index (χ0) is 8.97. The van der Waals surface area contributed by atoms with Crippen LogP contribution in [0.1, 0.15) is 25.7 Å². The van der Waals surface area contributed by atoms with Crippen molar-refractivity contribution in [3.8, 4) is 0 Å². The molecule has 1 atom stereocenters. The minimum Gasteiger partial charge on any atom is -0.467 e. The van der Waals surface area contributed by atoms with E-state index in [0.717, 1.165) is 12.8 Å². The summed E-state index contributed by atoms with van der Waals surface area (Å²) in [4.78, 5) is 11.2. The summed E-state index contributed by atoms with van der Waals surface area (Å²) in [5, 5.41) is 0. The zero-order valence-electron chi connectivity index (χ0n) is 7.71. The minimum absolute atomic E-state index is 0.232. The van der Waals surface area contributed by atoms with E-state index in [1.807, 2.05) is 0 Å². The highest BCUT2D eigenvalue weighted by Crippen LogP contribution is 2.29. The van der Waals surface area contributed by atoms with Crippen molar-refractivity contribution in [2.75, 3.05) is 14.2 Å². The molecule has 0 bridgehead atoms. The van der Waals surface area contributed by atoms with E-state index in [9.17, 15) is 4.79 Å². The van der Waals surface area contributed by atoms with E-state index in [1.54, 1.807) is 7.11 Å². The molecule has 1 fully saturated rings. The van der Waals surface area contributed by atoms with Crippen LogP contribution >= 0.6 is 0 Å². The summed E-state index contributed by atoms with van der Waals surface area (Å²) in [6.45, 7) is 0. The van der Waals surface area contributed by atoms with Crippen molar-refractivity contribution < 1.29 is 14.3 Å². The summed E-state index contributed by atoms with van der Waals surface area (Å²) >= 11 is 0. The Kier molecular flexibility index (Phi) is 3.53. The van der Waals surface area contributed by atoms with Gasteiger partial charge in [-0.15, -0.1) is 0 Å². The summed E-state index contributed by atoms with van der Waals surface area (Å²) in [7, 11) is 2.98. The Balaban J connectivity index is 2.48. The molecule has 0 amide bonds. The molecule has 1 aliphatic rings. The second-order valence-corrected chi connectivity index (χ2v) is 3.22. The molecule has 0 aliphatic heterocycles. The number of esters is 1. The van der Waals surface area contributed by atoms with Crippen molar-refractivity contribution in [2.24, 2.45) is 5.92 Å². The topological polar surface area (TPSA) is 35.5 Å². The van der Waals surface area contributed by atoms with Crippen LogP contribution in [0.3, 0.4) is 0 Å². The number of hydrogen-bond donors (Lipinski definition) is 0. The normalized spacial score (nSPS) is 20.8. The maximum atomic E-state index is 11.2. The monoisotopic (exact) mass is 172 g/mol. The molecule has 12 heavy (non-hydrogen) atoms. The van der Waals surface area contributed by atoms with Gasteiger partial charge in [0.05, 0.1) is 7.11 Å². The Morgan fingerprint density at radius 2 is 1.92 bits per heavy atom. The minimum atomic E-state index is -0.336.